The summed E-state index contributed by atoms with van der Waals surface area (Å²) in [4.78, 5) is 28.8. The molecule has 3 rings (SSSR count). The molecule has 1 N–H and O–H groups in total. The number of esters is 1. The van der Waals surface area contributed by atoms with Gasteiger partial charge in [0, 0.05) is 24.2 Å². The molecule has 0 bridgehead atoms. The van der Waals surface area contributed by atoms with Gasteiger partial charge >= 0.3 is 5.97 Å². The van der Waals surface area contributed by atoms with Crippen LogP contribution < -0.4 is 5.32 Å². The lowest BCUT2D eigenvalue weighted by Crippen LogP contribution is -2.30. The molecule has 1 amide bonds. The third-order valence-corrected chi connectivity index (χ3v) is 7.11. The molecule has 29 heavy (non-hydrogen) atoms. The first kappa shape index (κ1) is 21.5. The van der Waals surface area contributed by atoms with Gasteiger partial charge < -0.3 is 10.1 Å². The molecule has 0 unspecified atom stereocenters. The van der Waals surface area contributed by atoms with Gasteiger partial charge in [-0.05, 0) is 37.6 Å². The summed E-state index contributed by atoms with van der Waals surface area (Å²) in [5.74, 6) is -1.04. The highest BCUT2D eigenvalue weighted by Gasteiger charge is 2.30. The van der Waals surface area contributed by atoms with Crippen molar-refractivity contribution in [2.75, 3.05) is 31.3 Å². The number of fused-ring (bicyclic) bond motifs is 1. The fraction of sp³-hybridized carbons (Fsp3) is 0.400. The van der Waals surface area contributed by atoms with E-state index in [2.05, 4.69) is 17.1 Å². The highest BCUT2D eigenvalue weighted by Crippen LogP contribution is 2.38. The summed E-state index contributed by atoms with van der Waals surface area (Å²) in [5.41, 5.74) is 1.34. The van der Waals surface area contributed by atoms with Crippen LogP contribution in [0.3, 0.4) is 0 Å². The van der Waals surface area contributed by atoms with Gasteiger partial charge in [0.1, 0.15) is 5.00 Å². The number of sulfone groups is 1. The average molecular weight is 437 g/mol. The average Bonchev–Trinajstić information content (AvgIpc) is 3.04. The topological polar surface area (TPSA) is 92.8 Å². The minimum absolute atomic E-state index is 0.0475. The van der Waals surface area contributed by atoms with Crippen molar-refractivity contribution >= 4 is 38.1 Å². The first-order valence-corrected chi connectivity index (χ1v) is 12.1. The fourth-order valence-corrected chi connectivity index (χ4v) is 5.54. The molecule has 9 heteroatoms. The molecule has 0 atom stereocenters. The molecule has 1 aliphatic heterocycles. The Balaban J connectivity index is 2.00. The fourth-order valence-electron chi connectivity index (χ4n) is 3.38. The van der Waals surface area contributed by atoms with Gasteiger partial charge in [0.2, 0.25) is 0 Å². The maximum absolute atomic E-state index is 12.9. The predicted molar refractivity (Wildman–Crippen MR) is 112 cm³/mol. The van der Waals surface area contributed by atoms with Crippen LogP contribution in [0.5, 0.6) is 0 Å². The first-order valence-electron chi connectivity index (χ1n) is 9.40. The summed E-state index contributed by atoms with van der Waals surface area (Å²) in [6, 6.07) is 6.03. The summed E-state index contributed by atoms with van der Waals surface area (Å²) < 4.78 is 29.3. The number of ether oxygens (including phenoxy) is 1. The van der Waals surface area contributed by atoms with Gasteiger partial charge in [-0.3, -0.25) is 9.69 Å². The number of amides is 1. The van der Waals surface area contributed by atoms with E-state index in [-0.39, 0.29) is 17.1 Å². The van der Waals surface area contributed by atoms with Gasteiger partial charge in [-0.25, -0.2) is 13.2 Å². The first-order chi connectivity index (χ1) is 13.8. The number of carbonyl (C=O) groups excluding carboxylic acids is 2. The molecule has 156 valence electrons. The highest BCUT2D eigenvalue weighted by atomic mass is 32.2. The minimum atomic E-state index is -3.57. The largest absolute Gasteiger partial charge is 0.462 e. The smallest absolute Gasteiger partial charge is 0.341 e. The normalized spacial score (nSPS) is 14.3. The molecule has 0 saturated heterocycles. The van der Waals surface area contributed by atoms with Crippen LogP contribution in [0, 0.1) is 0 Å². The van der Waals surface area contributed by atoms with Crippen LogP contribution in [0.15, 0.2) is 29.2 Å². The Labute approximate surface area is 174 Å². The van der Waals surface area contributed by atoms with E-state index in [1.165, 1.54) is 23.5 Å². The zero-order valence-electron chi connectivity index (χ0n) is 16.6. The van der Waals surface area contributed by atoms with Gasteiger partial charge in [0.05, 0.1) is 22.6 Å². The van der Waals surface area contributed by atoms with Crippen molar-refractivity contribution < 1.29 is 22.7 Å². The van der Waals surface area contributed by atoms with Gasteiger partial charge in [-0.15, -0.1) is 11.3 Å². The van der Waals surface area contributed by atoms with E-state index >= 15 is 0 Å². The number of carbonyl (C=O) groups is 2. The summed E-state index contributed by atoms with van der Waals surface area (Å²) in [5, 5.41) is 3.17. The number of likely N-dealkylation sites (N-methyl/N-ethyl adjacent to an activating group) is 1. The van der Waals surface area contributed by atoms with Gasteiger partial charge in [0.15, 0.2) is 9.84 Å². The monoisotopic (exact) mass is 436 g/mol. The second kappa shape index (κ2) is 8.64. The Morgan fingerprint density at radius 3 is 2.62 bits per heavy atom. The van der Waals surface area contributed by atoms with Crippen molar-refractivity contribution in [1.82, 2.24) is 4.90 Å². The van der Waals surface area contributed by atoms with E-state index in [9.17, 15) is 18.0 Å². The second-order valence-corrected chi connectivity index (χ2v) is 9.86. The molecule has 0 spiro atoms. The van der Waals surface area contributed by atoms with Crippen LogP contribution in [0.2, 0.25) is 0 Å². The Morgan fingerprint density at radius 1 is 1.24 bits per heavy atom. The number of nitrogens with zero attached hydrogens (tertiary/aromatic N) is 1. The second-order valence-electron chi connectivity index (χ2n) is 6.77. The predicted octanol–water partition coefficient (Wildman–Crippen LogP) is 2.96. The Kier molecular flexibility index (Phi) is 6.40. The molecule has 0 aliphatic carbocycles. The number of nitrogens with one attached hydrogen (secondary N) is 1. The maximum atomic E-state index is 12.9. The van der Waals surface area contributed by atoms with E-state index in [0.717, 1.165) is 29.8 Å². The van der Waals surface area contributed by atoms with Crippen LogP contribution in [-0.4, -0.2) is 51.1 Å². The van der Waals surface area contributed by atoms with Crippen LogP contribution in [0.1, 0.15) is 45.0 Å². The SMILES string of the molecule is CCOC(=O)c1c(NC(=O)c2ccccc2S(C)(=O)=O)sc2c1CCN(CC)C2. The van der Waals surface area contributed by atoms with Crippen LogP contribution in [0.4, 0.5) is 5.00 Å². The standard InChI is InChI=1S/C20H24N2O5S2/c1-4-22-11-10-13-15(12-22)28-19(17(13)20(24)27-5-2)21-18(23)14-8-6-7-9-16(14)29(3,25)26/h6-9H,4-5,10-12H2,1-3H3,(H,21,23). The zero-order valence-corrected chi connectivity index (χ0v) is 18.3. The van der Waals surface area contributed by atoms with Crippen molar-refractivity contribution in [3.63, 3.8) is 0 Å². The van der Waals surface area contributed by atoms with Crippen LogP contribution >= 0.6 is 11.3 Å². The summed E-state index contributed by atoms with van der Waals surface area (Å²) >= 11 is 1.35. The Bertz CT molecular complexity index is 1040. The van der Waals surface area contributed by atoms with Crippen molar-refractivity contribution in [3.05, 3.63) is 45.8 Å². The molecule has 0 radical (unpaired) electrons. The summed E-state index contributed by atoms with van der Waals surface area (Å²) in [7, 11) is -3.57. The minimum Gasteiger partial charge on any atom is -0.462 e. The lowest BCUT2D eigenvalue weighted by Gasteiger charge is -2.25. The number of thiophene rings is 1. The molecular formula is C20H24N2O5S2. The number of benzene rings is 1. The van der Waals surface area contributed by atoms with Crippen molar-refractivity contribution in [1.29, 1.82) is 0 Å². The van der Waals surface area contributed by atoms with Crippen LogP contribution in [-0.2, 0) is 27.5 Å². The molecule has 0 fully saturated rings. The third kappa shape index (κ3) is 4.52. The van der Waals surface area contributed by atoms with Crippen LogP contribution in [0.25, 0.3) is 0 Å². The number of rotatable bonds is 6. The van der Waals surface area contributed by atoms with Crippen molar-refractivity contribution in [2.45, 2.75) is 31.7 Å². The quantitative estimate of drug-likeness (QED) is 0.700. The summed E-state index contributed by atoms with van der Waals surface area (Å²) in [6.45, 7) is 6.48. The van der Waals surface area contributed by atoms with Gasteiger partial charge in [-0.1, -0.05) is 19.1 Å². The highest BCUT2D eigenvalue weighted by molar-refractivity contribution is 7.90. The zero-order chi connectivity index (χ0) is 21.2. The van der Waals surface area contributed by atoms with E-state index in [1.54, 1.807) is 19.1 Å². The lowest BCUT2D eigenvalue weighted by molar-refractivity contribution is 0.0526. The molecule has 2 aromatic rings. The van der Waals surface area contributed by atoms with E-state index < -0.39 is 21.7 Å². The van der Waals surface area contributed by atoms with E-state index in [1.807, 2.05) is 0 Å². The number of hydrogen-bond acceptors (Lipinski definition) is 7. The number of anilines is 1. The molecule has 1 aromatic heterocycles. The Hall–Kier alpha value is -2.23. The lowest BCUT2D eigenvalue weighted by atomic mass is 10.0. The van der Waals surface area contributed by atoms with Crippen molar-refractivity contribution in [3.8, 4) is 0 Å². The Morgan fingerprint density at radius 2 is 1.97 bits per heavy atom. The third-order valence-electron chi connectivity index (χ3n) is 4.82. The van der Waals surface area contributed by atoms with Gasteiger partial charge in [-0.2, -0.15) is 0 Å². The molecule has 0 saturated carbocycles. The number of hydrogen-bond donors (Lipinski definition) is 1. The molecule has 1 aliphatic rings. The molecular weight excluding hydrogens is 412 g/mol. The molecule has 7 nitrogen and oxygen atoms in total. The molecule has 1 aromatic carbocycles. The van der Waals surface area contributed by atoms with Gasteiger partial charge in [0.25, 0.3) is 5.91 Å². The molecule has 2 heterocycles. The van der Waals surface area contributed by atoms with Crippen molar-refractivity contribution in [2.24, 2.45) is 0 Å². The van der Waals surface area contributed by atoms with E-state index in [0.29, 0.717) is 23.5 Å². The maximum Gasteiger partial charge on any atom is 0.341 e. The van der Waals surface area contributed by atoms with E-state index in [4.69, 9.17) is 4.74 Å². The summed E-state index contributed by atoms with van der Waals surface area (Å²) in [6.07, 6.45) is 1.76.